The molecule has 1 aromatic heterocycles. The molecule has 1 rings (SSSR count). The van der Waals surface area contributed by atoms with Gasteiger partial charge in [-0.25, -0.2) is 4.98 Å². The van der Waals surface area contributed by atoms with Crippen molar-refractivity contribution in [3.05, 3.63) is 16.1 Å². The van der Waals surface area contributed by atoms with Crippen molar-refractivity contribution in [1.82, 2.24) is 10.3 Å². The van der Waals surface area contributed by atoms with Gasteiger partial charge < -0.3 is 11.1 Å². The molecule has 1 aromatic rings. The Balaban J connectivity index is 2.13. The Hall–Kier alpha value is -0.940. The fourth-order valence-electron chi connectivity index (χ4n) is 1.27. The van der Waals surface area contributed by atoms with Crippen molar-refractivity contribution in [2.45, 2.75) is 39.2 Å². The van der Waals surface area contributed by atoms with Gasteiger partial charge in [0.2, 0.25) is 5.91 Å². The molecular formula is C11H19N3OS. The Morgan fingerprint density at radius 2 is 2.44 bits per heavy atom. The summed E-state index contributed by atoms with van der Waals surface area (Å²) < 4.78 is 0. The summed E-state index contributed by atoms with van der Waals surface area (Å²) >= 11 is 1.64. The van der Waals surface area contributed by atoms with Crippen LogP contribution in [0.4, 0.5) is 0 Å². The lowest BCUT2D eigenvalue weighted by molar-refractivity contribution is -0.121. The van der Waals surface area contributed by atoms with Crippen molar-refractivity contribution in [2.75, 3.05) is 6.54 Å². The fraction of sp³-hybridized carbons (Fsp3) is 0.636. The van der Waals surface area contributed by atoms with Gasteiger partial charge in [0.25, 0.3) is 0 Å². The van der Waals surface area contributed by atoms with Gasteiger partial charge in [-0.2, -0.15) is 0 Å². The zero-order valence-electron chi connectivity index (χ0n) is 9.82. The first-order valence-corrected chi connectivity index (χ1v) is 6.39. The van der Waals surface area contributed by atoms with Gasteiger partial charge in [-0.1, -0.05) is 0 Å². The summed E-state index contributed by atoms with van der Waals surface area (Å²) in [4.78, 5) is 15.7. The van der Waals surface area contributed by atoms with Gasteiger partial charge in [-0.15, -0.1) is 11.3 Å². The minimum absolute atomic E-state index is 0.0746. The van der Waals surface area contributed by atoms with Crippen molar-refractivity contribution < 1.29 is 4.79 Å². The van der Waals surface area contributed by atoms with Gasteiger partial charge in [0.05, 0.1) is 5.01 Å². The highest BCUT2D eigenvalue weighted by Gasteiger charge is 2.04. The molecule has 0 aliphatic rings. The summed E-state index contributed by atoms with van der Waals surface area (Å²) in [5, 5.41) is 5.96. The highest BCUT2D eigenvalue weighted by molar-refractivity contribution is 7.09. The van der Waals surface area contributed by atoms with E-state index in [1.54, 1.807) is 11.3 Å². The minimum Gasteiger partial charge on any atom is -0.356 e. The second-order valence-electron chi connectivity index (χ2n) is 4.00. The second kappa shape index (κ2) is 6.60. The van der Waals surface area contributed by atoms with E-state index in [1.165, 1.54) is 0 Å². The first-order valence-electron chi connectivity index (χ1n) is 5.51. The van der Waals surface area contributed by atoms with Crippen LogP contribution in [0.5, 0.6) is 0 Å². The maximum Gasteiger partial charge on any atom is 0.220 e. The standard InChI is InChI=1S/C11H19N3OS/c1-8(12)3-4-10(15)13-6-5-11-14-9(2)7-16-11/h7-8H,3-6,12H2,1-2H3,(H,13,15). The van der Waals surface area contributed by atoms with Gasteiger partial charge >= 0.3 is 0 Å². The minimum atomic E-state index is 0.0746. The predicted molar refractivity (Wildman–Crippen MR) is 66.4 cm³/mol. The van der Waals surface area contributed by atoms with Crippen LogP contribution >= 0.6 is 11.3 Å². The molecule has 90 valence electrons. The van der Waals surface area contributed by atoms with Crippen LogP contribution in [0.2, 0.25) is 0 Å². The van der Waals surface area contributed by atoms with Crippen LogP contribution in [0, 0.1) is 6.92 Å². The van der Waals surface area contributed by atoms with Crippen molar-refractivity contribution in [3.63, 3.8) is 0 Å². The fourth-order valence-corrected chi connectivity index (χ4v) is 2.05. The van der Waals surface area contributed by atoms with E-state index in [-0.39, 0.29) is 11.9 Å². The first-order chi connectivity index (χ1) is 7.58. The van der Waals surface area contributed by atoms with Crippen molar-refractivity contribution in [1.29, 1.82) is 0 Å². The zero-order chi connectivity index (χ0) is 12.0. The Kier molecular flexibility index (Phi) is 5.42. The molecule has 16 heavy (non-hydrogen) atoms. The van der Waals surface area contributed by atoms with Crippen LogP contribution in [0.3, 0.4) is 0 Å². The topological polar surface area (TPSA) is 68.0 Å². The van der Waals surface area contributed by atoms with E-state index in [1.807, 2.05) is 19.2 Å². The molecule has 5 heteroatoms. The Bertz CT molecular complexity index is 336. The number of carbonyl (C=O) groups is 1. The molecule has 0 fully saturated rings. The maximum absolute atomic E-state index is 11.4. The molecule has 0 saturated heterocycles. The third-order valence-electron chi connectivity index (χ3n) is 2.15. The number of aromatic nitrogens is 1. The summed E-state index contributed by atoms with van der Waals surface area (Å²) in [6.45, 7) is 4.54. The van der Waals surface area contributed by atoms with Crippen LogP contribution in [0.15, 0.2) is 5.38 Å². The third-order valence-corrected chi connectivity index (χ3v) is 3.18. The van der Waals surface area contributed by atoms with Crippen molar-refractivity contribution in [3.8, 4) is 0 Å². The summed E-state index contributed by atoms with van der Waals surface area (Å²) in [6.07, 6.45) is 2.05. The van der Waals surface area contributed by atoms with Crippen LogP contribution in [-0.2, 0) is 11.2 Å². The molecule has 0 aliphatic heterocycles. The molecule has 3 N–H and O–H groups in total. The molecule has 0 bridgehead atoms. The lowest BCUT2D eigenvalue weighted by Gasteiger charge is -2.05. The van der Waals surface area contributed by atoms with Gasteiger partial charge in [0.1, 0.15) is 0 Å². The quantitative estimate of drug-likeness (QED) is 0.787. The molecule has 0 aromatic carbocycles. The second-order valence-corrected chi connectivity index (χ2v) is 4.94. The summed E-state index contributed by atoms with van der Waals surface area (Å²) in [5.41, 5.74) is 6.62. The molecular weight excluding hydrogens is 222 g/mol. The highest BCUT2D eigenvalue weighted by Crippen LogP contribution is 2.08. The van der Waals surface area contributed by atoms with E-state index in [2.05, 4.69) is 10.3 Å². The number of nitrogens with one attached hydrogen (secondary N) is 1. The molecule has 0 saturated carbocycles. The monoisotopic (exact) mass is 241 g/mol. The van der Waals surface area contributed by atoms with Gasteiger partial charge in [0.15, 0.2) is 0 Å². The van der Waals surface area contributed by atoms with E-state index in [4.69, 9.17) is 5.73 Å². The number of nitrogens with two attached hydrogens (primary N) is 1. The number of amides is 1. The SMILES string of the molecule is Cc1csc(CCNC(=O)CCC(C)N)n1. The molecule has 0 aliphatic carbocycles. The Morgan fingerprint density at radius 3 is 3.00 bits per heavy atom. The molecule has 0 radical (unpaired) electrons. The van der Waals surface area contributed by atoms with E-state index in [0.717, 1.165) is 23.5 Å². The zero-order valence-corrected chi connectivity index (χ0v) is 10.6. The summed E-state index contributed by atoms with van der Waals surface area (Å²) in [7, 11) is 0. The van der Waals surface area contributed by atoms with E-state index in [9.17, 15) is 4.79 Å². The smallest absolute Gasteiger partial charge is 0.220 e. The normalized spacial score (nSPS) is 12.4. The van der Waals surface area contributed by atoms with E-state index in [0.29, 0.717) is 13.0 Å². The highest BCUT2D eigenvalue weighted by atomic mass is 32.1. The molecule has 1 unspecified atom stereocenters. The van der Waals surface area contributed by atoms with E-state index >= 15 is 0 Å². The maximum atomic E-state index is 11.4. The lowest BCUT2D eigenvalue weighted by atomic mass is 10.2. The molecule has 1 heterocycles. The molecule has 1 atom stereocenters. The number of thiazole rings is 1. The van der Waals surface area contributed by atoms with Crippen molar-refractivity contribution in [2.24, 2.45) is 5.73 Å². The average Bonchev–Trinajstić information content (AvgIpc) is 2.61. The largest absolute Gasteiger partial charge is 0.356 e. The number of nitrogens with zero attached hydrogens (tertiary/aromatic N) is 1. The third kappa shape index (κ3) is 5.23. The van der Waals surface area contributed by atoms with Crippen LogP contribution in [-0.4, -0.2) is 23.5 Å². The first kappa shape index (κ1) is 13.1. The van der Waals surface area contributed by atoms with Gasteiger partial charge in [0, 0.05) is 36.5 Å². The number of aryl methyl sites for hydroxylation is 1. The van der Waals surface area contributed by atoms with Crippen LogP contribution in [0.1, 0.15) is 30.5 Å². The molecule has 0 spiro atoms. The lowest BCUT2D eigenvalue weighted by Crippen LogP contribution is -2.27. The summed E-state index contributed by atoms with van der Waals surface area (Å²) in [5.74, 6) is 0.0746. The predicted octanol–water partition coefficient (Wildman–Crippen LogP) is 1.24. The molecule has 1 amide bonds. The molecule has 4 nitrogen and oxygen atoms in total. The number of rotatable bonds is 6. The Morgan fingerprint density at radius 1 is 1.69 bits per heavy atom. The van der Waals surface area contributed by atoms with Crippen LogP contribution < -0.4 is 11.1 Å². The number of hydrogen-bond donors (Lipinski definition) is 2. The average molecular weight is 241 g/mol. The number of hydrogen-bond acceptors (Lipinski definition) is 4. The summed E-state index contributed by atoms with van der Waals surface area (Å²) in [6, 6.07) is 0.0902. The van der Waals surface area contributed by atoms with Crippen molar-refractivity contribution >= 4 is 17.2 Å². The Labute approximate surface area is 100 Å². The van der Waals surface area contributed by atoms with Gasteiger partial charge in [-0.3, -0.25) is 4.79 Å². The number of carbonyl (C=O) groups excluding carboxylic acids is 1. The van der Waals surface area contributed by atoms with Crippen LogP contribution in [0.25, 0.3) is 0 Å². The van der Waals surface area contributed by atoms with Gasteiger partial charge in [-0.05, 0) is 20.3 Å². The van der Waals surface area contributed by atoms with E-state index < -0.39 is 0 Å².